The molecule has 1 aromatic carbocycles. The van der Waals surface area contributed by atoms with Crippen LogP contribution in [0.15, 0.2) is 18.2 Å². The van der Waals surface area contributed by atoms with Gasteiger partial charge in [-0.2, -0.15) is 4.37 Å². The minimum atomic E-state index is 0.0000487. The van der Waals surface area contributed by atoms with E-state index in [1.165, 1.54) is 11.5 Å². The van der Waals surface area contributed by atoms with E-state index >= 15 is 0 Å². The molecule has 0 bridgehead atoms. The Balaban J connectivity index is 1.60. The maximum atomic E-state index is 5.35. The number of piperidine rings is 1. The highest BCUT2D eigenvalue weighted by atomic mass is 32.1. The molecule has 0 saturated carbocycles. The Hall–Kier alpha value is -2.02. The van der Waals surface area contributed by atoms with Crippen LogP contribution < -0.4 is 19.7 Å². The predicted octanol–water partition coefficient (Wildman–Crippen LogP) is 3.93. The van der Waals surface area contributed by atoms with Crippen molar-refractivity contribution in [2.75, 3.05) is 37.5 Å². The number of hydrogen-bond donors (Lipinski definition) is 1. The van der Waals surface area contributed by atoms with Crippen LogP contribution in [0.2, 0.25) is 0 Å². The summed E-state index contributed by atoms with van der Waals surface area (Å²) in [7, 11) is 3.34. The van der Waals surface area contributed by atoms with Gasteiger partial charge in [-0.3, -0.25) is 0 Å². The first-order chi connectivity index (χ1) is 12.4. The Labute approximate surface area is 159 Å². The highest BCUT2D eigenvalue weighted by Crippen LogP contribution is 2.30. The first-order valence-corrected chi connectivity index (χ1v) is 9.75. The van der Waals surface area contributed by atoms with Gasteiger partial charge in [0.25, 0.3) is 0 Å². The van der Waals surface area contributed by atoms with E-state index in [4.69, 9.17) is 14.5 Å². The molecule has 0 unspecified atom stereocenters. The smallest absolute Gasteiger partial charge is 0.205 e. The zero-order valence-corrected chi connectivity index (χ0v) is 17.0. The summed E-state index contributed by atoms with van der Waals surface area (Å²) < 4.78 is 15.2. The molecule has 1 aliphatic heterocycles. The standard InChI is InChI=1S/C19H28N4O2S/c1-19(2,3)17-21-18(26-22-17)23-8-6-13(7-9-23)20-14-10-15(24-4)12-16(11-14)25-5/h10-13,20H,6-9H2,1-5H3. The SMILES string of the molecule is COc1cc(NC2CCN(c3nc(C(C)(C)C)ns3)CC2)cc(OC)c1. The molecular formula is C19H28N4O2S. The van der Waals surface area contributed by atoms with Crippen LogP contribution in [0.3, 0.4) is 0 Å². The van der Waals surface area contributed by atoms with Crippen molar-refractivity contribution in [3.05, 3.63) is 24.0 Å². The van der Waals surface area contributed by atoms with Gasteiger partial charge in [-0.1, -0.05) is 20.8 Å². The third-order valence-electron chi connectivity index (χ3n) is 4.57. The molecule has 142 valence electrons. The highest BCUT2D eigenvalue weighted by Gasteiger charge is 2.25. The molecular weight excluding hydrogens is 348 g/mol. The summed E-state index contributed by atoms with van der Waals surface area (Å²) in [4.78, 5) is 7.08. The maximum Gasteiger partial charge on any atom is 0.205 e. The first-order valence-electron chi connectivity index (χ1n) is 8.98. The Kier molecular flexibility index (Phi) is 5.55. The van der Waals surface area contributed by atoms with Crippen LogP contribution in [0, 0.1) is 0 Å². The number of hydrogen-bond acceptors (Lipinski definition) is 7. The van der Waals surface area contributed by atoms with Crippen molar-refractivity contribution < 1.29 is 9.47 Å². The summed E-state index contributed by atoms with van der Waals surface area (Å²) in [6.07, 6.45) is 2.12. The average molecular weight is 377 g/mol. The minimum Gasteiger partial charge on any atom is -0.497 e. The topological polar surface area (TPSA) is 59.5 Å². The van der Waals surface area contributed by atoms with Gasteiger partial charge in [-0.15, -0.1) is 0 Å². The van der Waals surface area contributed by atoms with Gasteiger partial charge in [0.1, 0.15) is 17.3 Å². The number of ether oxygens (including phenoxy) is 2. The number of anilines is 2. The van der Waals surface area contributed by atoms with Crippen LogP contribution in [-0.4, -0.2) is 42.7 Å². The summed E-state index contributed by atoms with van der Waals surface area (Å²) in [6.45, 7) is 8.42. The number of rotatable bonds is 5. The molecule has 1 aliphatic rings. The maximum absolute atomic E-state index is 5.35. The first kappa shape index (κ1) is 18.8. The van der Waals surface area contributed by atoms with Crippen LogP contribution in [0.5, 0.6) is 11.5 Å². The summed E-state index contributed by atoms with van der Waals surface area (Å²) >= 11 is 1.51. The fraction of sp³-hybridized carbons (Fsp3) is 0.579. The third kappa shape index (κ3) is 4.38. The monoisotopic (exact) mass is 376 g/mol. The second-order valence-corrected chi connectivity index (χ2v) is 8.39. The summed E-state index contributed by atoms with van der Waals surface area (Å²) in [5.74, 6) is 2.53. The molecule has 6 nitrogen and oxygen atoms in total. The second kappa shape index (κ2) is 7.70. The number of benzene rings is 1. The van der Waals surface area contributed by atoms with Crippen molar-refractivity contribution in [1.29, 1.82) is 0 Å². The number of methoxy groups -OCH3 is 2. The predicted molar refractivity (Wildman–Crippen MR) is 107 cm³/mol. The fourth-order valence-corrected chi connectivity index (χ4v) is 3.90. The van der Waals surface area contributed by atoms with Crippen LogP contribution in [0.1, 0.15) is 39.4 Å². The van der Waals surface area contributed by atoms with E-state index in [1.54, 1.807) is 14.2 Å². The molecule has 0 aliphatic carbocycles. The molecule has 0 spiro atoms. The summed E-state index contributed by atoms with van der Waals surface area (Å²) in [5.41, 5.74) is 1.03. The van der Waals surface area contributed by atoms with E-state index in [9.17, 15) is 0 Å². The Morgan fingerprint density at radius 1 is 1.08 bits per heavy atom. The average Bonchev–Trinajstić information content (AvgIpc) is 3.12. The molecule has 1 saturated heterocycles. The van der Waals surface area contributed by atoms with Gasteiger partial charge in [-0.05, 0) is 12.8 Å². The number of nitrogens with one attached hydrogen (secondary N) is 1. The van der Waals surface area contributed by atoms with E-state index in [0.29, 0.717) is 6.04 Å². The molecule has 7 heteroatoms. The molecule has 0 atom stereocenters. The normalized spacial score (nSPS) is 15.8. The molecule has 1 N–H and O–H groups in total. The lowest BCUT2D eigenvalue weighted by atomic mass is 9.96. The molecule has 1 fully saturated rings. The van der Waals surface area contributed by atoms with Crippen molar-refractivity contribution in [3.8, 4) is 11.5 Å². The zero-order chi connectivity index (χ0) is 18.7. The Bertz CT molecular complexity index is 711. The van der Waals surface area contributed by atoms with Gasteiger partial charge in [0.15, 0.2) is 0 Å². The molecule has 1 aromatic heterocycles. The van der Waals surface area contributed by atoms with Gasteiger partial charge in [-0.25, -0.2) is 4.98 Å². The van der Waals surface area contributed by atoms with Crippen molar-refractivity contribution in [3.63, 3.8) is 0 Å². The van der Waals surface area contributed by atoms with E-state index in [-0.39, 0.29) is 5.41 Å². The van der Waals surface area contributed by atoms with Crippen molar-refractivity contribution in [1.82, 2.24) is 9.36 Å². The van der Waals surface area contributed by atoms with E-state index in [2.05, 4.69) is 35.4 Å². The van der Waals surface area contributed by atoms with E-state index in [1.807, 2.05) is 18.2 Å². The van der Waals surface area contributed by atoms with Gasteiger partial charge < -0.3 is 19.7 Å². The molecule has 0 amide bonds. The zero-order valence-electron chi connectivity index (χ0n) is 16.2. The minimum absolute atomic E-state index is 0.0000487. The van der Waals surface area contributed by atoms with E-state index < -0.39 is 0 Å². The van der Waals surface area contributed by atoms with Gasteiger partial charge >= 0.3 is 0 Å². The van der Waals surface area contributed by atoms with Crippen LogP contribution in [0.25, 0.3) is 0 Å². The quantitative estimate of drug-likeness (QED) is 0.853. The van der Waals surface area contributed by atoms with Crippen LogP contribution in [-0.2, 0) is 5.41 Å². The van der Waals surface area contributed by atoms with Gasteiger partial charge in [0, 0.05) is 60.0 Å². The largest absolute Gasteiger partial charge is 0.497 e. The lowest BCUT2D eigenvalue weighted by Crippen LogP contribution is -2.39. The van der Waals surface area contributed by atoms with E-state index in [0.717, 1.165) is 54.1 Å². The second-order valence-electron chi connectivity index (χ2n) is 7.66. The molecule has 2 aromatic rings. The lowest BCUT2D eigenvalue weighted by molar-refractivity contribution is 0.394. The Morgan fingerprint density at radius 2 is 1.69 bits per heavy atom. The highest BCUT2D eigenvalue weighted by molar-refractivity contribution is 7.09. The van der Waals surface area contributed by atoms with Crippen LogP contribution >= 0.6 is 11.5 Å². The Morgan fingerprint density at radius 3 is 2.19 bits per heavy atom. The molecule has 0 radical (unpaired) electrons. The number of aromatic nitrogens is 2. The molecule has 2 heterocycles. The lowest BCUT2D eigenvalue weighted by Gasteiger charge is -2.32. The molecule has 3 rings (SSSR count). The molecule has 26 heavy (non-hydrogen) atoms. The van der Waals surface area contributed by atoms with Crippen molar-refractivity contribution in [2.45, 2.75) is 45.1 Å². The summed E-state index contributed by atoms with van der Waals surface area (Å²) in [6, 6.07) is 6.33. The summed E-state index contributed by atoms with van der Waals surface area (Å²) in [5, 5.41) is 4.65. The van der Waals surface area contributed by atoms with Crippen LogP contribution in [0.4, 0.5) is 10.8 Å². The number of nitrogens with zero attached hydrogens (tertiary/aromatic N) is 3. The van der Waals surface area contributed by atoms with Gasteiger partial charge in [0.2, 0.25) is 5.13 Å². The van der Waals surface area contributed by atoms with Crippen molar-refractivity contribution in [2.24, 2.45) is 0 Å². The van der Waals surface area contributed by atoms with Crippen molar-refractivity contribution >= 4 is 22.4 Å². The van der Waals surface area contributed by atoms with Gasteiger partial charge in [0.05, 0.1) is 14.2 Å². The third-order valence-corrected chi connectivity index (χ3v) is 5.35. The fourth-order valence-electron chi connectivity index (χ4n) is 2.99.